The Labute approximate surface area is 116 Å². The van der Waals surface area contributed by atoms with Crippen molar-refractivity contribution in [3.63, 3.8) is 0 Å². The monoisotopic (exact) mass is 295 g/mol. The first kappa shape index (κ1) is 13.2. The molecule has 0 radical (unpaired) electrons. The molecule has 0 spiro atoms. The van der Waals surface area contributed by atoms with Gasteiger partial charge in [-0.3, -0.25) is 0 Å². The maximum absolute atomic E-state index is 13.3. The van der Waals surface area contributed by atoms with Crippen LogP contribution < -0.4 is 5.32 Å². The first-order chi connectivity index (χ1) is 10.1. The topological polar surface area (TPSA) is 64.1 Å². The predicted octanol–water partition coefficient (Wildman–Crippen LogP) is 3.36. The molecule has 5 nitrogen and oxygen atoms in total. The molecule has 0 aliphatic rings. The van der Waals surface area contributed by atoms with Gasteiger partial charge in [-0.15, -0.1) is 0 Å². The van der Waals surface area contributed by atoms with Gasteiger partial charge in [0, 0.05) is 23.7 Å². The van der Waals surface area contributed by atoms with Crippen molar-refractivity contribution < 1.29 is 22.2 Å². The zero-order chi connectivity index (χ0) is 14.8. The Morgan fingerprint density at radius 1 is 1.05 bits per heavy atom. The average Bonchev–Trinajstić information content (AvgIpc) is 3.12. The molecule has 0 aliphatic carbocycles. The van der Waals surface area contributed by atoms with Gasteiger partial charge in [-0.1, -0.05) is 10.3 Å². The Bertz CT molecular complexity index is 733. The van der Waals surface area contributed by atoms with E-state index in [0.717, 1.165) is 12.1 Å². The van der Waals surface area contributed by atoms with Crippen LogP contribution in [-0.4, -0.2) is 10.3 Å². The van der Waals surface area contributed by atoms with Crippen LogP contribution in [-0.2, 0) is 6.54 Å². The van der Waals surface area contributed by atoms with E-state index in [1.807, 2.05) is 0 Å². The lowest BCUT2D eigenvalue weighted by Crippen LogP contribution is -2.00. The van der Waals surface area contributed by atoms with Gasteiger partial charge >= 0.3 is 0 Å². The zero-order valence-electron chi connectivity index (χ0n) is 10.4. The van der Waals surface area contributed by atoms with Crippen LogP contribution in [0.5, 0.6) is 0 Å². The summed E-state index contributed by atoms with van der Waals surface area (Å²) in [6, 6.07) is 3.32. The van der Waals surface area contributed by atoms with Gasteiger partial charge in [0.05, 0.1) is 0 Å². The minimum absolute atomic E-state index is 0.0807. The lowest BCUT2D eigenvalue weighted by molar-refractivity contribution is 0.420. The highest BCUT2D eigenvalue weighted by molar-refractivity contribution is 5.62. The van der Waals surface area contributed by atoms with Crippen molar-refractivity contribution in [3.8, 4) is 11.3 Å². The van der Waals surface area contributed by atoms with Crippen LogP contribution in [0.25, 0.3) is 11.3 Å². The van der Waals surface area contributed by atoms with Crippen molar-refractivity contribution in [2.24, 2.45) is 0 Å². The van der Waals surface area contributed by atoms with Gasteiger partial charge < -0.3 is 14.4 Å². The first-order valence-corrected chi connectivity index (χ1v) is 5.87. The molecule has 2 heterocycles. The fraction of sp³-hybridized carbons (Fsp3) is 0.0769. The second kappa shape index (κ2) is 5.31. The van der Waals surface area contributed by atoms with Crippen LogP contribution >= 0.6 is 0 Å². The molecule has 3 rings (SSSR count). The van der Waals surface area contributed by atoms with Gasteiger partial charge in [-0.2, -0.15) is 0 Å². The molecule has 3 aromatic rings. The maximum Gasteiger partial charge on any atom is 0.194 e. The number of rotatable bonds is 4. The maximum atomic E-state index is 13.3. The molecule has 8 heteroatoms. The summed E-state index contributed by atoms with van der Waals surface area (Å²) in [6.45, 7) is 0.242. The Kier molecular flexibility index (Phi) is 3.35. The summed E-state index contributed by atoms with van der Waals surface area (Å²) < 4.78 is 48.9. The minimum Gasteiger partial charge on any atom is -0.364 e. The molecular weight excluding hydrogens is 287 g/mol. The summed E-state index contributed by atoms with van der Waals surface area (Å²) >= 11 is 0. The molecule has 0 saturated heterocycles. The zero-order valence-corrected chi connectivity index (χ0v) is 10.4. The molecule has 0 unspecified atom stereocenters. The second-order valence-electron chi connectivity index (χ2n) is 4.18. The van der Waals surface area contributed by atoms with Gasteiger partial charge in [-0.25, -0.2) is 13.2 Å². The molecular formula is C13H8F3N3O2. The number of halogens is 3. The largest absolute Gasteiger partial charge is 0.364 e. The quantitative estimate of drug-likeness (QED) is 0.748. The average molecular weight is 295 g/mol. The third kappa shape index (κ3) is 2.60. The van der Waals surface area contributed by atoms with E-state index >= 15 is 0 Å². The lowest BCUT2D eigenvalue weighted by atomic mass is 10.1. The summed E-state index contributed by atoms with van der Waals surface area (Å²) in [5.74, 6) is -3.62. The van der Waals surface area contributed by atoms with Gasteiger partial charge in [0.2, 0.25) is 0 Å². The van der Waals surface area contributed by atoms with Gasteiger partial charge in [0.25, 0.3) is 0 Å². The molecule has 1 aromatic carbocycles. The minimum atomic E-state index is -1.52. The first-order valence-electron chi connectivity index (χ1n) is 5.87. The number of hydrogen-bond donors (Lipinski definition) is 1. The molecule has 0 fully saturated rings. The van der Waals surface area contributed by atoms with Crippen molar-refractivity contribution >= 4 is 5.82 Å². The summed E-state index contributed by atoms with van der Waals surface area (Å²) in [6.07, 6.45) is 2.71. The number of aromatic nitrogens is 2. The molecule has 0 aliphatic heterocycles. The highest BCUT2D eigenvalue weighted by Crippen LogP contribution is 2.26. The van der Waals surface area contributed by atoms with Crippen molar-refractivity contribution in [1.82, 2.24) is 10.3 Å². The Morgan fingerprint density at radius 2 is 1.81 bits per heavy atom. The van der Waals surface area contributed by atoms with Crippen LogP contribution in [0, 0.1) is 17.5 Å². The highest BCUT2D eigenvalue weighted by atomic mass is 19.2. The van der Waals surface area contributed by atoms with Gasteiger partial charge in [0.1, 0.15) is 18.2 Å². The molecule has 1 N–H and O–H groups in total. The van der Waals surface area contributed by atoms with Crippen LogP contribution in [0.2, 0.25) is 0 Å². The van der Waals surface area contributed by atoms with Crippen molar-refractivity contribution in [1.29, 1.82) is 0 Å². The smallest absolute Gasteiger partial charge is 0.194 e. The normalized spacial score (nSPS) is 10.8. The molecule has 0 atom stereocenters. The standard InChI is InChI=1S/C13H8F3N3O2/c14-9-3-7(4-10(15)12(9)16)13-8(6-21-19-13)5-17-11-1-2-20-18-11/h1-4,6H,5H2,(H,17,18). The molecule has 0 amide bonds. The van der Waals surface area contributed by atoms with E-state index in [1.54, 1.807) is 6.07 Å². The van der Waals surface area contributed by atoms with E-state index in [-0.39, 0.29) is 17.8 Å². The van der Waals surface area contributed by atoms with Crippen molar-refractivity contribution in [2.75, 3.05) is 5.32 Å². The highest BCUT2D eigenvalue weighted by Gasteiger charge is 2.16. The SMILES string of the molecule is Fc1cc(-c2nocc2CNc2ccon2)cc(F)c1F. The van der Waals surface area contributed by atoms with Crippen LogP contribution in [0.3, 0.4) is 0 Å². The fourth-order valence-corrected chi connectivity index (χ4v) is 1.80. The molecule has 2 aromatic heterocycles. The van der Waals surface area contributed by atoms with Crippen LogP contribution in [0.4, 0.5) is 19.0 Å². The number of hydrogen-bond acceptors (Lipinski definition) is 5. The van der Waals surface area contributed by atoms with E-state index in [4.69, 9.17) is 4.52 Å². The molecule has 108 valence electrons. The predicted molar refractivity (Wildman–Crippen MR) is 65.6 cm³/mol. The van der Waals surface area contributed by atoms with Crippen LogP contribution in [0.15, 0.2) is 39.8 Å². The summed E-state index contributed by atoms with van der Waals surface area (Å²) in [5.41, 5.74) is 0.823. The lowest BCUT2D eigenvalue weighted by Gasteiger charge is -2.04. The van der Waals surface area contributed by atoms with E-state index in [1.165, 1.54) is 12.5 Å². The number of nitrogens with zero attached hydrogens (tertiary/aromatic N) is 2. The fourth-order valence-electron chi connectivity index (χ4n) is 1.80. The van der Waals surface area contributed by atoms with Crippen LogP contribution in [0.1, 0.15) is 5.56 Å². The number of anilines is 1. The summed E-state index contributed by atoms with van der Waals surface area (Å²) in [5, 5.41) is 10.2. The Balaban J connectivity index is 1.88. The molecule has 0 bridgehead atoms. The third-order valence-corrected chi connectivity index (χ3v) is 2.80. The Hall–Kier alpha value is -2.77. The van der Waals surface area contributed by atoms with Gasteiger partial charge in [-0.05, 0) is 12.1 Å². The number of benzene rings is 1. The van der Waals surface area contributed by atoms with E-state index in [0.29, 0.717) is 11.4 Å². The van der Waals surface area contributed by atoms with Crippen molar-refractivity contribution in [2.45, 2.75) is 6.54 Å². The van der Waals surface area contributed by atoms with Gasteiger partial charge in [0.15, 0.2) is 23.3 Å². The second-order valence-corrected chi connectivity index (χ2v) is 4.18. The summed E-state index contributed by atoms with van der Waals surface area (Å²) in [4.78, 5) is 0. The van der Waals surface area contributed by atoms with E-state index in [2.05, 4.69) is 20.2 Å². The molecule has 0 saturated carbocycles. The third-order valence-electron chi connectivity index (χ3n) is 2.80. The van der Waals surface area contributed by atoms with E-state index in [9.17, 15) is 13.2 Å². The number of nitrogens with one attached hydrogen (secondary N) is 1. The molecule has 21 heavy (non-hydrogen) atoms. The van der Waals surface area contributed by atoms with E-state index < -0.39 is 17.5 Å². The van der Waals surface area contributed by atoms with Crippen molar-refractivity contribution in [3.05, 3.63) is 53.7 Å². The Morgan fingerprint density at radius 3 is 2.48 bits per heavy atom. The summed E-state index contributed by atoms with van der Waals surface area (Å²) in [7, 11) is 0.